The Morgan fingerprint density at radius 1 is 1.20 bits per heavy atom. The fourth-order valence-electron chi connectivity index (χ4n) is 3.88. The van der Waals surface area contributed by atoms with E-state index in [0.29, 0.717) is 5.69 Å². The quantitative estimate of drug-likeness (QED) is 0.544. The SMILES string of the molecule is Cc1cc(/C=C2\C(=O)NC(=O)N(c3ccc(Br)cc3)C2=O)c(C)n1C[C@H]1CCCO1. The molecule has 1 aromatic carbocycles. The summed E-state index contributed by atoms with van der Waals surface area (Å²) in [4.78, 5) is 38.8. The third kappa shape index (κ3) is 3.85. The highest BCUT2D eigenvalue weighted by Crippen LogP contribution is 2.26. The number of nitrogens with one attached hydrogen (secondary N) is 1. The maximum atomic E-state index is 13.1. The van der Waals surface area contributed by atoms with Crippen molar-refractivity contribution < 1.29 is 19.1 Å². The second-order valence-corrected chi connectivity index (χ2v) is 8.42. The first-order chi connectivity index (χ1) is 14.3. The summed E-state index contributed by atoms with van der Waals surface area (Å²) in [5.41, 5.74) is 3.06. The number of amides is 4. The molecule has 0 aliphatic carbocycles. The fourth-order valence-corrected chi connectivity index (χ4v) is 4.15. The van der Waals surface area contributed by atoms with E-state index in [-0.39, 0.29) is 11.7 Å². The molecule has 0 saturated carbocycles. The van der Waals surface area contributed by atoms with E-state index in [2.05, 4.69) is 25.8 Å². The molecule has 3 heterocycles. The van der Waals surface area contributed by atoms with Gasteiger partial charge in [0.2, 0.25) is 0 Å². The van der Waals surface area contributed by atoms with Crippen LogP contribution in [0.15, 0.2) is 40.4 Å². The number of ether oxygens (including phenoxy) is 1. The zero-order valence-electron chi connectivity index (χ0n) is 16.8. The predicted molar refractivity (Wildman–Crippen MR) is 116 cm³/mol. The number of nitrogens with zero attached hydrogens (tertiary/aromatic N) is 2. The molecule has 2 aromatic rings. The zero-order valence-corrected chi connectivity index (χ0v) is 18.4. The second-order valence-electron chi connectivity index (χ2n) is 7.51. The maximum Gasteiger partial charge on any atom is 0.335 e. The topological polar surface area (TPSA) is 80.6 Å². The van der Waals surface area contributed by atoms with Gasteiger partial charge < -0.3 is 9.30 Å². The fraction of sp³-hybridized carbons (Fsp3) is 0.318. The van der Waals surface area contributed by atoms with Gasteiger partial charge >= 0.3 is 6.03 Å². The molecule has 7 nitrogen and oxygen atoms in total. The smallest absolute Gasteiger partial charge is 0.335 e. The van der Waals surface area contributed by atoms with Crippen molar-refractivity contribution in [1.82, 2.24) is 9.88 Å². The number of rotatable bonds is 4. The van der Waals surface area contributed by atoms with Gasteiger partial charge in [-0.15, -0.1) is 0 Å². The number of halogens is 1. The van der Waals surface area contributed by atoms with Crippen molar-refractivity contribution in [2.45, 2.75) is 39.3 Å². The molecule has 30 heavy (non-hydrogen) atoms. The molecule has 4 amide bonds. The first-order valence-corrected chi connectivity index (χ1v) is 10.6. The Balaban J connectivity index is 1.66. The molecular formula is C22H22BrN3O4. The molecule has 8 heteroatoms. The highest BCUT2D eigenvalue weighted by atomic mass is 79.9. The van der Waals surface area contributed by atoms with Crippen LogP contribution < -0.4 is 10.2 Å². The lowest BCUT2D eigenvalue weighted by molar-refractivity contribution is -0.122. The van der Waals surface area contributed by atoms with Gasteiger partial charge in [0.15, 0.2) is 0 Å². The van der Waals surface area contributed by atoms with Crippen LogP contribution in [0.1, 0.15) is 29.8 Å². The zero-order chi connectivity index (χ0) is 21.4. The first-order valence-electron chi connectivity index (χ1n) is 9.80. The van der Waals surface area contributed by atoms with Gasteiger partial charge in [0.05, 0.1) is 11.8 Å². The van der Waals surface area contributed by atoms with Crippen LogP contribution in [0.25, 0.3) is 6.08 Å². The molecule has 4 rings (SSSR count). The summed E-state index contributed by atoms with van der Waals surface area (Å²) in [6.07, 6.45) is 3.83. The number of aryl methyl sites for hydroxylation is 1. The molecule has 1 atom stereocenters. The number of benzene rings is 1. The number of carbonyl (C=O) groups excluding carboxylic acids is 3. The van der Waals surface area contributed by atoms with E-state index < -0.39 is 17.8 Å². The van der Waals surface area contributed by atoms with E-state index in [0.717, 1.165) is 52.3 Å². The molecule has 2 aliphatic rings. The first kappa shape index (κ1) is 20.6. The summed E-state index contributed by atoms with van der Waals surface area (Å²) >= 11 is 3.33. The van der Waals surface area contributed by atoms with E-state index in [1.165, 1.54) is 0 Å². The van der Waals surface area contributed by atoms with Crippen molar-refractivity contribution in [2.75, 3.05) is 11.5 Å². The van der Waals surface area contributed by atoms with Crippen LogP contribution in [0.3, 0.4) is 0 Å². The molecule has 0 radical (unpaired) electrons. The van der Waals surface area contributed by atoms with Gasteiger partial charge in [0, 0.05) is 29.0 Å². The van der Waals surface area contributed by atoms with Crippen LogP contribution in [-0.4, -0.2) is 35.1 Å². The molecule has 2 saturated heterocycles. The number of hydrogen-bond donors (Lipinski definition) is 1. The van der Waals surface area contributed by atoms with Crippen LogP contribution in [0.2, 0.25) is 0 Å². The summed E-state index contributed by atoms with van der Waals surface area (Å²) in [5, 5.41) is 2.26. The Morgan fingerprint density at radius 3 is 2.60 bits per heavy atom. The van der Waals surface area contributed by atoms with Gasteiger partial charge in [-0.3, -0.25) is 14.9 Å². The monoisotopic (exact) mass is 471 g/mol. The normalized spacial score (nSPS) is 20.9. The summed E-state index contributed by atoms with van der Waals surface area (Å²) in [7, 11) is 0. The number of carbonyl (C=O) groups is 3. The molecular weight excluding hydrogens is 450 g/mol. The van der Waals surface area contributed by atoms with Gasteiger partial charge in [0.25, 0.3) is 11.8 Å². The third-order valence-corrected chi connectivity index (χ3v) is 6.04. The largest absolute Gasteiger partial charge is 0.376 e. The molecule has 1 N–H and O–H groups in total. The minimum absolute atomic E-state index is 0.0742. The van der Waals surface area contributed by atoms with E-state index >= 15 is 0 Å². The predicted octanol–water partition coefficient (Wildman–Crippen LogP) is 3.71. The number of barbiturate groups is 1. The second kappa shape index (κ2) is 8.20. The third-order valence-electron chi connectivity index (χ3n) is 5.51. The van der Waals surface area contributed by atoms with Crippen molar-refractivity contribution in [2.24, 2.45) is 0 Å². The standard InChI is InChI=1S/C22H22BrN3O4/c1-13-10-15(14(2)25(13)12-18-4-3-9-30-18)11-19-20(27)24-22(29)26(21(19)28)17-7-5-16(23)6-8-17/h5-8,10-11,18H,3-4,9,12H2,1-2H3,(H,24,27,29)/b19-11+/t18-/m1/s1. The average molecular weight is 472 g/mol. The summed E-state index contributed by atoms with van der Waals surface area (Å²) < 4.78 is 8.71. The molecule has 2 fully saturated rings. The Labute approximate surface area is 182 Å². The minimum Gasteiger partial charge on any atom is -0.376 e. The van der Waals surface area contributed by atoms with Crippen LogP contribution >= 0.6 is 15.9 Å². The molecule has 2 aliphatic heterocycles. The van der Waals surface area contributed by atoms with Crippen molar-refractivity contribution in [3.8, 4) is 0 Å². The van der Waals surface area contributed by atoms with Gasteiger partial charge in [0.1, 0.15) is 5.57 Å². The van der Waals surface area contributed by atoms with E-state index in [4.69, 9.17) is 4.74 Å². The van der Waals surface area contributed by atoms with Gasteiger partial charge in [-0.05, 0) is 68.7 Å². The summed E-state index contributed by atoms with van der Waals surface area (Å²) in [6, 6.07) is 7.93. The number of imide groups is 2. The number of aromatic nitrogens is 1. The molecule has 156 valence electrons. The molecule has 0 bridgehead atoms. The summed E-state index contributed by atoms with van der Waals surface area (Å²) in [6.45, 7) is 5.47. The van der Waals surface area contributed by atoms with E-state index in [1.807, 2.05) is 19.9 Å². The van der Waals surface area contributed by atoms with Crippen molar-refractivity contribution in [3.05, 3.63) is 57.3 Å². The lowest BCUT2D eigenvalue weighted by atomic mass is 10.1. The number of hydrogen-bond acceptors (Lipinski definition) is 4. The highest BCUT2D eigenvalue weighted by molar-refractivity contribution is 9.10. The van der Waals surface area contributed by atoms with Gasteiger partial charge in [-0.2, -0.15) is 0 Å². The van der Waals surface area contributed by atoms with Crippen LogP contribution in [0.4, 0.5) is 10.5 Å². The Bertz CT molecular complexity index is 1050. The van der Waals surface area contributed by atoms with Gasteiger partial charge in [-0.25, -0.2) is 9.69 Å². The summed E-state index contributed by atoms with van der Waals surface area (Å²) in [5.74, 6) is -1.34. The number of anilines is 1. The lowest BCUT2D eigenvalue weighted by Gasteiger charge is -2.26. The Kier molecular flexibility index (Phi) is 5.62. The number of urea groups is 1. The average Bonchev–Trinajstić information content (AvgIpc) is 3.30. The van der Waals surface area contributed by atoms with Crippen molar-refractivity contribution in [1.29, 1.82) is 0 Å². The lowest BCUT2D eigenvalue weighted by Crippen LogP contribution is -2.54. The minimum atomic E-state index is -0.756. The van der Waals surface area contributed by atoms with Crippen LogP contribution in [0.5, 0.6) is 0 Å². The molecule has 0 unspecified atom stereocenters. The van der Waals surface area contributed by atoms with Crippen LogP contribution in [-0.2, 0) is 20.9 Å². The highest BCUT2D eigenvalue weighted by Gasteiger charge is 2.37. The van der Waals surface area contributed by atoms with Crippen molar-refractivity contribution >= 4 is 45.5 Å². The Morgan fingerprint density at radius 2 is 1.93 bits per heavy atom. The van der Waals surface area contributed by atoms with E-state index in [9.17, 15) is 14.4 Å². The Hall–Kier alpha value is -2.71. The van der Waals surface area contributed by atoms with Gasteiger partial charge in [-0.1, -0.05) is 15.9 Å². The van der Waals surface area contributed by atoms with Crippen LogP contribution in [0, 0.1) is 13.8 Å². The molecule has 1 aromatic heterocycles. The molecule has 0 spiro atoms. The van der Waals surface area contributed by atoms with E-state index in [1.54, 1.807) is 30.3 Å². The maximum absolute atomic E-state index is 13.1. The van der Waals surface area contributed by atoms with Crippen molar-refractivity contribution in [3.63, 3.8) is 0 Å².